The lowest BCUT2D eigenvalue weighted by Crippen LogP contribution is -2.24. The number of nitrogens with zero attached hydrogens (tertiary/aromatic N) is 1. The molecular formula is C23H21NO. The zero-order chi connectivity index (χ0) is 17.4. The Morgan fingerprint density at radius 2 is 1.64 bits per heavy atom. The fraction of sp³-hybridized carbons (Fsp3) is 0.174. The topological polar surface area (TPSA) is 21.6 Å². The normalized spacial score (nSPS) is 15.4. The first-order valence-electron chi connectivity index (χ1n) is 8.53. The van der Waals surface area contributed by atoms with Gasteiger partial charge in [0.25, 0.3) is 0 Å². The summed E-state index contributed by atoms with van der Waals surface area (Å²) in [5, 5.41) is 2.56. The molecule has 0 atom stereocenters. The van der Waals surface area contributed by atoms with E-state index in [1.807, 2.05) is 12.1 Å². The molecule has 0 saturated carbocycles. The van der Waals surface area contributed by atoms with Gasteiger partial charge in [-0.2, -0.15) is 0 Å². The number of aliphatic imine (C=N–C) groups is 1. The Balaban J connectivity index is 1.71. The van der Waals surface area contributed by atoms with Gasteiger partial charge in [0.2, 0.25) is 0 Å². The summed E-state index contributed by atoms with van der Waals surface area (Å²) < 4.78 is 5.22. The van der Waals surface area contributed by atoms with Crippen molar-refractivity contribution in [3.63, 3.8) is 0 Å². The molecule has 1 aliphatic rings. The van der Waals surface area contributed by atoms with Gasteiger partial charge in [-0.05, 0) is 46.2 Å². The fourth-order valence-corrected chi connectivity index (χ4v) is 3.54. The van der Waals surface area contributed by atoms with Crippen LogP contribution in [0.2, 0.25) is 0 Å². The maximum absolute atomic E-state index is 5.22. The van der Waals surface area contributed by atoms with E-state index in [0.717, 1.165) is 22.7 Å². The van der Waals surface area contributed by atoms with Crippen LogP contribution >= 0.6 is 0 Å². The van der Waals surface area contributed by atoms with Gasteiger partial charge in [-0.25, -0.2) is 0 Å². The van der Waals surface area contributed by atoms with Crippen molar-refractivity contribution in [2.24, 2.45) is 4.99 Å². The molecule has 1 aliphatic heterocycles. The van der Waals surface area contributed by atoms with E-state index in [9.17, 15) is 0 Å². The summed E-state index contributed by atoms with van der Waals surface area (Å²) in [6.45, 7) is 4.50. The minimum atomic E-state index is -0.112. The summed E-state index contributed by atoms with van der Waals surface area (Å²) in [5.74, 6) is 0.870. The molecule has 0 aromatic heterocycles. The largest absolute Gasteiger partial charge is 0.497 e. The molecule has 3 aromatic carbocycles. The quantitative estimate of drug-likeness (QED) is 0.584. The van der Waals surface area contributed by atoms with Crippen LogP contribution in [-0.4, -0.2) is 12.8 Å². The van der Waals surface area contributed by atoms with Crippen LogP contribution in [0.5, 0.6) is 5.75 Å². The molecule has 0 radical (unpaired) electrons. The second-order valence-corrected chi connectivity index (χ2v) is 6.91. The van der Waals surface area contributed by atoms with Crippen LogP contribution < -0.4 is 4.74 Å². The Labute approximate surface area is 148 Å². The molecule has 0 saturated heterocycles. The van der Waals surface area contributed by atoms with Crippen LogP contribution in [0.25, 0.3) is 16.8 Å². The smallest absolute Gasteiger partial charge is 0.118 e. The number of rotatable bonds is 3. The molecule has 0 N–H and O–H groups in total. The lowest BCUT2D eigenvalue weighted by molar-refractivity contribution is 0.415. The van der Waals surface area contributed by atoms with E-state index in [-0.39, 0.29) is 5.41 Å². The second-order valence-electron chi connectivity index (χ2n) is 6.91. The van der Waals surface area contributed by atoms with E-state index >= 15 is 0 Å². The van der Waals surface area contributed by atoms with Gasteiger partial charge in [-0.15, -0.1) is 0 Å². The van der Waals surface area contributed by atoms with Gasteiger partial charge in [0.1, 0.15) is 5.75 Å². The highest BCUT2D eigenvalue weighted by Gasteiger charge is 2.34. The summed E-state index contributed by atoms with van der Waals surface area (Å²) >= 11 is 0. The number of fused-ring (bicyclic) bond motifs is 3. The molecule has 4 rings (SSSR count). The number of methoxy groups -OCH3 is 1. The number of allylic oxidation sites excluding steroid dienone is 1. The molecule has 3 aromatic rings. The molecule has 0 aliphatic carbocycles. The Bertz CT molecular complexity index is 994. The molecule has 2 heteroatoms. The van der Waals surface area contributed by atoms with Crippen molar-refractivity contribution in [1.29, 1.82) is 0 Å². The molecular weight excluding hydrogens is 306 g/mol. The van der Waals surface area contributed by atoms with Gasteiger partial charge in [-0.3, -0.25) is 4.99 Å². The van der Waals surface area contributed by atoms with E-state index < -0.39 is 0 Å². The third kappa shape index (κ3) is 2.64. The van der Waals surface area contributed by atoms with E-state index in [0.29, 0.717) is 0 Å². The molecule has 124 valence electrons. The monoisotopic (exact) mass is 327 g/mol. The molecule has 0 amide bonds. The van der Waals surface area contributed by atoms with Crippen molar-refractivity contribution in [2.45, 2.75) is 19.3 Å². The summed E-state index contributed by atoms with van der Waals surface area (Å²) in [6.07, 6.45) is 4.25. The van der Waals surface area contributed by atoms with Gasteiger partial charge in [0.15, 0.2) is 0 Å². The summed E-state index contributed by atoms with van der Waals surface area (Å²) in [5.41, 5.74) is 4.52. The van der Waals surface area contributed by atoms with E-state index in [4.69, 9.17) is 9.73 Å². The van der Waals surface area contributed by atoms with Gasteiger partial charge in [0, 0.05) is 5.41 Å². The Morgan fingerprint density at radius 1 is 0.880 bits per heavy atom. The molecule has 25 heavy (non-hydrogen) atoms. The first kappa shape index (κ1) is 15.6. The van der Waals surface area contributed by atoms with Crippen LogP contribution in [0.3, 0.4) is 0 Å². The van der Waals surface area contributed by atoms with E-state index in [1.165, 1.54) is 16.3 Å². The minimum Gasteiger partial charge on any atom is -0.497 e. The molecule has 1 heterocycles. The highest BCUT2D eigenvalue weighted by atomic mass is 16.5. The zero-order valence-electron chi connectivity index (χ0n) is 14.8. The Hall–Kier alpha value is -2.87. The average molecular weight is 327 g/mol. The van der Waals surface area contributed by atoms with Crippen LogP contribution in [0.1, 0.15) is 25.0 Å². The minimum absolute atomic E-state index is 0.112. The van der Waals surface area contributed by atoms with Crippen LogP contribution in [0.15, 0.2) is 71.7 Å². The third-order valence-corrected chi connectivity index (χ3v) is 4.96. The van der Waals surface area contributed by atoms with Crippen molar-refractivity contribution in [1.82, 2.24) is 0 Å². The molecule has 0 bridgehead atoms. The number of benzene rings is 3. The number of hydrogen-bond acceptors (Lipinski definition) is 2. The first-order chi connectivity index (χ1) is 12.1. The number of hydrogen-bond donors (Lipinski definition) is 0. The van der Waals surface area contributed by atoms with Gasteiger partial charge in [0.05, 0.1) is 18.5 Å². The molecule has 0 fully saturated rings. The predicted molar refractivity (Wildman–Crippen MR) is 106 cm³/mol. The molecule has 0 unspecified atom stereocenters. The van der Waals surface area contributed by atoms with Crippen LogP contribution in [0.4, 0.5) is 5.69 Å². The van der Waals surface area contributed by atoms with Gasteiger partial charge in [-0.1, -0.05) is 62.4 Å². The van der Waals surface area contributed by atoms with Crippen molar-refractivity contribution >= 4 is 28.2 Å². The van der Waals surface area contributed by atoms with Crippen molar-refractivity contribution in [2.75, 3.05) is 7.11 Å². The standard InChI is InChI=1S/C23H21NO/c1-23(2)21(15-10-16-8-12-18(25-3)13-9-16)24-20-14-11-17-6-4-5-7-19(17)22(20)23/h4-15H,1-3H3. The van der Waals surface area contributed by atoms with E-state index in [1.54, 1.807) is 7.11 Å². The third-order valence-electron chi connectivity index (χ3n) is 4.96. The second kappa shape index (κ2) is 5.89. The molecule has 2 nitrogen and oxygen atoms in total. The van der Waals surface area contributed by atoms with Crippen LogP contribution in [-0.2, 0) is 5.41 Å². The SMILES string of the molecule is COc1ccc(C=CC2=Nc3ccc4ccccc4c3C2(C)C)cc1. The first-order valence-corrected chi connectivity index (χ1v) is 8.53. The number of ether oxygens (including phenoxy) is 1. The van der Waals surface area contributed by atoms with Gasteiger partial charge >= 0.3 is 0 Å². The van der Waals surface area contributed by atoms with Crippen molar-refractivity contribution < 1.29 is 4.74 Å². The lowest BCUT2D eigenvalue weighted by atomic mass is 9.79. The van der Waals surface area contributed by atoms with Gasteiger partial charge < -0.3 is 4.74 Å². The average Bonchev–Trinajstić information content (AvgIpc) is 2.91. The van der Waals surface area contributed by atoms with Crippen LogP contribution in [0, 0.1) is 0 Å². The van der Waals surface area contributed by atoms with Crippen molar-refractivity contribution in [3.8, 4) is 5.75 Å². The maximum Gasteiger partial charge on any atom is 0.118 e. The maximum atomic E-state index is 5.22. The summed E-state index contributed by atoms with van der Waals surface area (Å²) in [7, 11) is 1.68. The summed E-state index contributed by atoms with van der Waals surface area (Å²) in [4.78, 5) is 4.91. The zero-order valence-corrected chi connectivity index (χ0v) is 14.8. The highest BCUT2D eigenvalue weighted by molar-refractivity contribution is 6.13. The summed E-state index contributed by atoms with van der Waals surface area (Å²) in [6, 6.07) is 20.9. The van der Waals surface area contributed by atoms with E-state index in [2.05, 4.69) is 74.5 Å². The predicted octanol–water partition coefficient (Wildman–Crippen LogP) is 5.93. The Morgan fingerprint density at radius 3 is 2.40 bits per heavy atom. The van der Waals surface area contributed by atoms with Crippen molar-refractivity contribution in [3.05, 3.63) is 77.9 Å². The Kier molecular flexibility index (Phi) is 3.69. The highest BCUT2D eigenvalue weighted by Crippen LogP contribution is 2.44. The lowest BCUT2D eigenvalue weighted by Gasteiger charge is -2.22. The fourth-order valence-electron chi connectivity index (χ4n) is 3.54. The molecule has 0 spiro atoms.